The fraction of sp³-hybridized carbons (Fsp3) is 0.611. The molecule has 2 fully saturated rings. The van der Waals surface area contributed by atoms with Crippen LogP contribution in [0.1, 0.15) is 30.9 Å². The first-order valence-corrected chi connectivity index (χ1v) is 10.7. The van der Waals surface area contributed by atoms with Crippen molar-refractivity contribution in [2.75, 3.05) is 26.2 Å². The molecule has 2 aliphatic rings. The zero-order valence-corrected chi connectivity index (χ0v) is 16.6. The molecule has 10 heteroatoms. The van der Waals surface area contributed by atoms with Gasteiger partial charge in [-0.3, -0.25) is 9.69 Å². The number of aryl methyl sites for hydroxylation is 1. The van der Waals surface area contributed by atoms with E-state index in [9.17, 15) is 26.4 Å². The highest BCUT2D eigenvalue weighted by atomic mass is 32.2. The molecule has 1 aliphatic carbocycles. The number of amides is 1. The number of alkyl halides is 3. The quantitative estimate of drug-likeness (QED) is 0.793. The Morgan fingerprint density at radius 2 is 1.79 bits per heavy atom. The molecule has 1 heterocycles. The van der Waals surface area contributed by atoms with E-state index in [4.69, 9.17) is 0 Å². The van der Waals surface area contributed by atoms with Gasteiger partial charge in [0.25, 0.3) is 0 Å². The van der Waals surface area contributed by atoms with Crippen molar-refractivity contribution in [3.05, 3.63) is 29.3 Å². The van der Waals surface area contributed by atoms with Gasteiger partial charge in [-0.2, -0.15) is 17.5 Å². The first kappa shape index (κ1) is 21.1. The van der Waals surface area contributed by atoms with E-state index in [2.05, 4.69) is 5.32 Å². The zero-order valence-electron chi connectivity index (χ0n) is 15.8. The second-order valence-corrected chi connectivity index (χ2v) is 9.31. The largest absolute Gasteiger partial charge is 0.416 e. The van der Waals surface area contributed by atoms with Crippen LogP contribution in [0.15, 0.2) is 23.1 Å². The Balaban J connectivity index is 1.68. The van der Waals surface area contributed by atoms with E-state index in [0.29, 0.717) is 19.2 Å². The van der Waals surface area contributed by atoms with Gasteiger partial charge < -0.3 is 5.32 Å². The summed E-state index contributed by atoms with van der Waals surface area (Å²) in [7, 11) is -4.03. The lowest BCUT2D eigenvalue weighted by Crippen LogP contribution is -2.55. The van der Waals surface area contributed by atoms with Crippen molar-refractivity contribution in [1.29, 1.82) is 0 Å². The van der Waals surface area contributed by atoms with Crippen LogP contribution in [0, 0.1) is 6.92 Å². The van der Waals surface area contributed by atoms with Crippen LogP contribution in [0.2, 0.25) is 0 Å². The van der Waals surface area contributed by atoms with Crippen LogP contribution < -0.4 is 5.32 Å². The molecule has 1 aliphatic heterocycles. The number of hydrogen-bond donors (Lipinski definition) is 1. The number of piperazine rings is 1. The molecule has 1 aromatic rings. The minimum atomic E-state index is -4.61. The number of nitrogens with zero attached hydrogens (tertiary/aromatic N) is 2. The van der Waals surface area contributed by atoms with Crippen LogP contribution in [0.4, 0.5) is 13.2 Å². The van der Waals surface area contributed by atoms with E-state index < -0.39 is 21.8 Å². The number of rotatable bonds is 5. The van der Waals surface area contributed by atoms with Gasteiger partial charge in [0, 0.05) is 32.2 Å². The molecule has 6 nitrogen and oxygen atoms in total. The van der Waals surface area contributed by atoms with E-state index in [1.165, 1.54) is 23.4 Å². The van der Waals surface area contributed by atoms with Gasteiger partial charge in [0.15, 0.2) is 0 Å². The molecule has 0 bridgehead atoms. The lowest BCUT2D eigenvalue weighted by atomic mass is 10.1. The maximum atomic E-state index is 13.1. The monoisotopic (exact) mass is 419 g/mol. The summed E-state index contributed by atoms with van der Waals surface area (Å²) >= 11 is 0. The smallest absolute Gasteiger partial charge is 0.352 e. The molecular weight excluding hydrogens is 395 g/mol. The molecule has 28 heavy (non-hydrogen) atoms. The third-order valence-corrected chi connectivity index (χ3v) is 7.17. The highest BCUT2D eigenvalue weighted by molar-refractivity contribution is 7.89. The van der Waals surface area contributed by atoms with Crippen molar-refractivity contribution in [3.8, 4) is 0 Å². The standard InChI is InChI=1S/C18H24F3N3O3S/c1-12-3-6-15(11-16(12)18(19,20)21)28(26,27)24-9-7-23(8-10-24)13(2)17(25)22-14-4-5-14/h3,6,11,13-14H,4-5,7-10H2,1-2H3,(H,22,25). The summed E-state index contributed by atoms with van der Waals surface area (Å²) in [6.07, 6.45) is -2.64. The van der Waals surface area contributed by atoms with Gasteiger partial charge in [0.05, 0.1) is 16.5 Å². The van der Waals surface area contributed by atoms with Crippen molar-refractivity contribution in [2.24, 2.45) is 0 Å². The SMILES string of the molecule is Cc1ccc(S(=O)(=O)N2CCN(C(C)C(=O)NC3CC3)CC2)cc1C(F)(F)F. The molecule has 1 amide bonds. The van der Waals surface area contributed by atoms with Crippen molar-refractivity contribution >= 4 is 15.9 Å². The molecule has 1 N–H and O–H groups in total. The first-order valence-electron chi connectivity index (χ1n) is 9.22. The molecule has 3 rings (SSSR count). The van der Waals surface area contributed by atoms with Crippen LogP contribution in [0.5, 0.6) is 0 Å². The zero-order chi connectivity index (χ0) is 20.7. The Hall–Kier alpha value is -1.65. The molecule has 1 saturated carbocycles. The number of sulfonamides is 1. The fourth-order valence-electron chi connectivity index (χ4n) is 3.26. The van der Waals surface area contributed by atoms with E-state index in [0.717, 1.165) is 12.8 Å². The van der Waals surface area contributed by atoms with Crippen molar-refractivity contribution < 1.29 is 26.4 Å². The number of nitrogens with one attached hydrogen (secondary N) is 1. The maximum absolute atomic E-state index is 13.1. The summed E-state index contributed by atoms with van der Waals surface area (Å²) in [5, 5.41) is 2.92. The van der Waals surface area contributed by atoms with E-state index >= 15 is 0 Å². The summed E-state index contributed by atoms with van der Waals surface area (Å²) in [6.45, 7) is 4.01. The summed E-state index contributed by atoms with van der Waals surface area (Å²) in [5.74, 6) is -0.0767. The third-order valence-electron chi connectivity index (χ3n) is 5.28. The Kier molecular flexibility index (Phi) is 5.75. The average Bonchev–Trinajstić information content (AvgIpc) is 3.44. The summed E-state index contributed by atoms with van der Waals surface area (Å²) in [6, 6.07) is 2.96. The van der Waals surface area contributed by atoms with Crippen LogP contribution in [0.25, 0.3) is 0 Å². The summed E-state index contributed by atoms with van der Waals surface area (Å²) in [5.41, 5.74) is -0.968. The molecule has 156 valence electrons. The Labute approximate surface area is 162 Å². The maximum Gasteiger partial charge on any atom is 0.416 e. The van der Waals surface area contributed by atoms with E-state index in [1.54, 1.807) is 6.92 Å². The van der Waals surface area contributed by atoms with Crippen LogP contribution >= 0.6 is 0 Å². The molecule has 1 aromatic carbocycles. The van der Waals surface area contributed by atoms with E-state index in [1.807, 2.05) is 4.90 Å². The number of halogens is 3. The Morgan fingerprint density at radius 3 is 2.32 bits per heavy atom. The average molecular weight is 419 g/mol. The third kappa shape index (κ3) is 4.49. The summed E-state index contributed by atoms with van der Waals surface area (Å²) < 4.78 is 66.1. The van der Waals surface area contributed by atoms with Gasteiger partial charge >= 0.3 is 6.18 Å². The van der Waals surface area contributed by atoms with Crippen molar-refractivity contribution in [1.82, 2.24) is 14.5 Å². The topological polar surface area (TPSA) is 69.7 Å². The summed E-state index contributed by atoms with van der Waals surface area (Å²) in [4.78, 5) is 13.7. The number of benzene rings is 1. The normalized spacial score (nSPS) is 20.8. The highest BCUT2D eigenvalue weighted by Gasteiger charge is 2.36. The molecule has 0 radical (unpaired) electrons. The van der Waals surface area contributed by atoms with Crippen molar-refractivity contribution in [2.45, 2.75) is 49.8 Å². The lowest BCUT2D eigenvalue weighted by Gasteiger charge is -2.36. The lowest BCUT2D eigenvalue weighted by molar-refractivity contribution is -0.138. The second-order valence-electron chi connectivity index (χ2n) is 7.37. The van der Waals surface area contributed by atoms with Crippen molar-refractivity contribution in [3.63, 3.8) is 0 Å². The molecule has 1 unspecified atom stereocenters. The van der Waals surface area contributed by atoms with E-state index in [-0.39, 0.29) is 41.5 Å². The molecule has 0 spiro atoms. The highest BCUT2D eigenvalue weighted by Crippen LogP contribution is 2.34. The van der Waals surface area contributed by atoms with Gasteiger partial charge in [0.2, 0.25) is 15.9 Å². The van der Waals surface area contributed by atoms with Gasteiger partial charge in [-0.1, -0.05) is 6.07 Å². The predicted octanol–water partition coefficient (Wildman–Crippen LogP) is 1.99. The Morgan fingerprint density at radius 1 is 1.18 bits per heavy atom. The van der Waals surface area contributed by atoms with Gasteiger partial charge in [-0.15, -0.1) is 0 Å². The van der Waals surface area contributed by atoms with Crippen LogP contribution in [-0.4, -0.2) is 61.8 Å². The molecule has 0 aromatic heterocycles. The number of carbonyl (C=O) groups is 1. The molecule has 1 atom stereocenters. The van der Waals surface area contributed by atoms with Crippen LogP contribution in [-0.2, 0) is 21.0 Å². The first-order chi connectivity index (χ1) is 13.0. The number of hydrogen-bond acceptors (Lipinski definition) is 4. The van der Waals surface area contributed by atoms with Gasteiger partial charge in [-0.25, -0.2) is 8.42 Å². The predicted molar refractivity (Wildman–Crippen MR) is 97.1 cm³/mol. The molecule has 1 saturated heterocycles. The minimum Gasteiger partial charge on any atom is -0.352 e. The van der Waals surface area contributed by atoms with Crippen LogP contribution in [0.3, 0.4) is 0 Å². The second kappa shape index (κ2) is 7.64. The number of carbonyl (C=O) groups excluding carboxylic acids is 1. The fourth-order valence-corrected chi connectivity index (χ4v) is 4.71. The minimum absolute atomic E-state index is 0.0215. The van der Waals surface area contributed by atoms with Gasteiger partial charge in [0.1, 0.15) is 0 Å². The molecular formula is C18H24F3N3O3S. The van der Waals surface area contributed by atoms with Gasteiger partial charge in [-0.05, 0) is 44.4 Å². The Bertz CT molecular complexity index is 845.